The highest BCUT2D eigenvalue weighted by molar-refractivity contribution is 5.42. The second kappa shape index (κ2) is 3.52. The van der Waals surface area contributed by atoms with Crippen molar-refractivity contribution >= 4 is 0 Å². The van der Waals surface area contributed by atoms with Gasteiger partial charge >= 0.3 is 0 Å². The van der Waals surface area contributed by atoms with Gasteiger partial charge in [-0.3, -0.25) is 0 Å². The van der Waals surface area contributed by atoms with Crippen molar-refractivity contribution in [1.29, 1.82) is 5.26 Å². The van der Waals surface area contributed by atoms with Gasteiger partial charge in [-0.15, -0.1) is 0 Å². The molecule has 15 heavy (non-hydrogen) atoms. The maximum atomic E-state index is 9.21. The Hall–Kier alpha value is -1.03. The fourth-order valence-electron chi connectivity index (χ4n) is 2.70. The first-order valence-electron chi connectivity index (χ1n) is 5.82. The predicted octanol–water partition coefficient (Wildman–Crippen LogP) is 3.98. The zero-order valence-corrected chi connectivity index (χ0v) is 9.93. The molecule has 0 aromatic rings. The van der Waals surface area contributed by atoms with Crippen LogP contribution in [-0.2, 0) is 0 Å². The first-order valence-corrected chi connectivity index (χ1v) is 5.82. The van der Waals surface area contributed by atoms with Crippen LogP contribution in [0, 0.1) is 22.7 Å². The van der Waals surface area contributed by atoms with Gasteiger partial charge in [0.2, 0.25) is 0 Å². The molecule has 0 radical (unpaired) electrons. The molecule has 0 aromatic carbocycles. The summed E-state index contributed by atoms with van der Waals surface area (Å²) in [5.41, 5.74) is 4.15. The molecular formula is C14H19N. The molecular weight excluding hydrogens is 182 g/mol. The molecule has 0 unspecified atom stereocenters. The molecule has 1 nitrogen and oxygen atoms in total. The van der Waals surface area contributed by atoms with Gasteiger partial charge in [0.15, 0.2) is 0 Å². The molecule has 0 spiro atoms. The topological polar surface area (TPSA) is 23.8 Å². The lowest BCUT2D eigenvalue weighted by atomic mass is 9.74. The summed E-state index contributed by atoms with van der Waals surface area (Å²) >= 11 is 0. The van der Waals surface area contributed by atoms with Crippen molar-refractivity contribution in [2.24, 2.45) is 11.3 Å². The van der Waals surface area contributed by atoms with Crippen LogP contribution in [0.25, 0.3) is 0 Å². The van der Waals surface area contributed by atoms with E-state index >= 15 is 0 Å². The first kappa shape index (κ1) is 10.5. The molecule has 0 atom stereocenters. The third-order valence-corrected chi connectivity index (χ3v) is 3.30. The van der Waals surface area contributed by atoms with E-state index in [1.54, 1.807) is 0 Å². The lowest BCUT2D eigenvalue weighted by molar-refractivity contribution is 0.350. The van der Waals surface area contributed by atoms with Crippen LogP contribution < -0.4 is 0 Å². The minimum absolute atomic E-state index is 0.338. The Morgan fingerprint density at radius 1 is 1.40 bits per heavy atom. The second-order valence-electron chi connectivity index (χ2n) is 5.83. The Bertz CT molecular complexity index is 373. The number of rotatable bonds is 1. The van der Waals surface area contributed by atoms with Crippen LogP contribution in [-0.4, -0.2) is 0 Å². The Balaban J connectivity index is 2.36. The van der Waals surface area contributed by atoms with Gasteiger partial charge in [0, 0.05) is 5.57 Å². The normalized spacial score (nSPS) is 28.0. The summed E-state index contributed by atoms with van der Waals surface area (Å²) in [6.45, 7) is 6.78. The zero-order chi connectivity index (χ0) is 11.1. The van der Waals surface area contributed by atoms with E-state index in [4.69, 9.17) is 0 Å². The van der Waals surface area contributed by atoms with Gasteiger partial charge in [0.05, 0.1) is 6.07 Å². The van der Waals surface area contributed by atoms with Gasteiger partial charge in [-0.05, 0) is 49.5 Å². The van der Waals surface area contributed by atoms with Crippen molar-refractivity contribution in [3.05, 3.63) is 22.8 Å². The SMILES string of the molecule is CC1=CC(=C(C#N)C2CC2)CC(C)(C)C1. The summed E-state index contributed by atoms with van der Waals surface area (Å²) in [6, 6.07) is 2.43. The summed E-state index contributed by atoms with van der Waals surface area (Å²) in [6.07, 6.45) is 6.94. The monoisotopic (exact) mass is 201 g/mol. The molecule has 2 aliphatic rings. The Labute approximate surface area is 92.5 Å². The Kier molecular flexibility index (Phi) is 2.46. The molecule has 0 heterocycles. The van der Waals surface area contributed by atoms with Crippen LogP contribution in [0.2, 0.25) is 0 Å². The van der Waals surface area contributed by atoms with E-state index in [2.05, 4.69) is 32.9 Å². The molecule has 0 saturated heterocycles. The van der Waals surface area contributed by atoms with Gasteiger partial charge in [-0.2, -0.15) is 5.26 Å². The van der Waals surface area contributed by atoms with E-state index in [9.17, 15) is 5.26 Å². The quantitative estimate of drug-likeness (QED) is 0.589. The number of nitrogens with zero attached hydrogens (tertiary/aromatic N) is 1. The lowest BCUT2D eigenvalue weighted by Crippen LogP contribution is -2.17. The Morgan fingerprint density at radius 3 is 2.53 bits per heavy atom. The lowest BCUT2D eigenvalue weighted by Gasteiger charge is -2.30. The van der Waals surface area contributed by atoms with Crippen molar-refractivity contribution in [3.8, 4) is 6.07 Å². The van der Waals surface area contributed by atoms with Crippen molar-refractivity contribution in [2.45, 2.75) is 46.5 Å². The van der Waals surface area contributed by atoms with Crippen molar-refractivity contribution < 1.29 is 0 Å². The van der Waals surface area contributed by atoms with E-state index in [0.29, 0.717) is 11.3 Å². The first-order chi connectivity index (χ1) is 7.02. The van der Waals surface area contributed by atoms with E-state index in [0.717, 1.165) is 12.0 Å². The van der Waals surface area contributed by atoms with Gasteiger partial charge in [-0.25, -0.2) is 0 Å². The maximum absolute atomic E-state index is 9.21. The highest BCUT2D eigenvalue weighted by atomic mass is 14.4. The van der Waals surface area contributed by atoms with Crippen LogP contribution in [0.1, 0.15) is 46.5 Å². The van der Waals surface area contributed by atoms with Crippen molar-refractivity contribution in [2.75, 3.05) is 0 Å². The summed E-state index contributed by atoms with van der Waals surface area (Å²) in [5, 5.41) is 9.21. The van der Waals surface area contributed by atoms with Crippen LogP contribution in [0.5, 0.6) is 0 Å². The van der Waals surface area contributed by atoms with E-state index in [1.165, 1.54) is 30.4 Å². The second-order valence-corrected chi connectivity index (χ2v) is 5.83. The van der Waals surface area contributed by atoms with Gasteiger partial charge < -0.3 is 0 Å². The third kappa shape index (κ3) is 2.31. The molecule has 1 heteroatoms. The fourth-order valence-corrected chi connectivity index (χ4v) is 2.70. The minimum Gasteiger partial charge on any atom is -0.193 e. The smallest absolute Gasteiger partial charge is 0.0952 e. The van der Waals surface area contributed by atoms with Crippen LogP contribution in [0.15, 0.2) is 22.8 Å². The number of allylic oxidation sites excluding steroid dienone is 4. The Morgan fingerprint density at radius 2 is 2.07 bits per heavy atom. The summed E-state index contributed by atoms with van der Waals surface area (Å²) < 4.78 is 0. The minimum atomic E-state index is 0.338. The van der Waals surface area contributed by atoms with E-state index < -0.39 is 0 Å². The maximum Gasteiger partial charge on any atom is 0.0952 e. The zero-order valence-electron chi connectivity index (χ0n) is 9.93. The van der Waals surface area contributed by atoms with Crippen molar-refractivity contribution in [1.82, 2.24) is 0 Å². The number of hydrogen-bond donors (Lipinski definition) is 0. The average Bonchev–Trinajstić information content (AvgIpc) is 2.85. The van der Waals surface area contributed by atoms with E-state index in [-0.39, 0.29) is 0 Å². The molecule has 2 aliphatic carbocycles. The molecule has 1 saturated carbocycles. The summed E-state index contributed by atoms with van der Waals surface area (Å²) in [5.74, 6) is 0.586. The highest BCUT2D eigenvalue weighted by Crippen LogP contribution is 2.44. The molecule has 2 rings (SSSR count). The van der Waals surface area contributed by atoms with Crippen LogP contribution >= 0.6 is 0 Å². The van der Waals surface area contributed by atoms with E-state index in [1.807, 2.05) is 0 Å². The standard InChI is InChI=1S/C14H19N/c1-10-6-12(8-14(2,3)7-10)13(9-15)11-4-5-11/h6,11H,4-5,7-8H2,1-3H3. The molecule has 80 valence electrons. The van der Waals surface area contributed by atoms with Gasteiger partial charge in [-0.1, -0.05) is 25.5 Å². The highest BCUT2D eigenvalue weighted by Gasteiger charge is 2.32. The third-order valence-electron chi connectivity index (χ3n) is 3.30. The molecule has 0 N–H and O–H groups in total. The number of nitriles is 1. The largest absolute Gasteiger partial charge is 0.193 e. The molecule has 0 amide bonds. The number of hydrogen-bond acceptors (Lipinski definition) is 1. The fraction of sp³-hybridized carbons (Fsp3) is 0.643. The van der Waals surface area contributed by atoms with Crippen molar-refractivity contribution in [3.63, 3.8) is 0 Å². The molecule has 0 aliphatic heterocycles. The average molecular weight is 201 g/mol. The molecule has 0 aromatic heterocycles. The van der Waals surface area contributed by atoms with Gasteiger partial charge in [0.1, 0.15) is 0 Å². The van der Waals surface area contributed by atoms with Crippen LogP contribution in [0.4, 0.5) is 0 Å². The summed E-state index contributed by atoms with van der Waals surface area (Å²) in [4.78, 5) is 0. The molecule has 1 fully saturated rings. The van der Waals surface area contributed by atoms with Gasteiger partial charge in [0.25, 0.3) is 0 Å². The predicted molar refractivity (Wildman–Crippen MR) is 62.1 cm³/mol. The summed E-state index contributed by atoms with van der Waals surface area (Å²) in [7, 11) is 0. The molecule has 0 bridgehead atoms. The van der Waals surface area contributed by atoms with Crippen LogP contribution in [0.3, 0.4) is 0 Å².